The van der Waals surface area contributed by atoms with Gasteiger partial charge in [-0.15, -0.1) is 0 Å². The summed E-state index contributed by atoms with van der Waals surface area (Å²) in [6.45, 7) is 1.81. The van der Waals surface area contributed by atoms with Crippen LogP contribution in [0.15, 0.2) is 24.3 Å². The number of anilines is 1. The zero-order chi connectivity index (χ0) is 15.0. The Morgan fingerprint density at radius 3 is 2.95 bits per heavy atom. The number of carbonyl (C=O) groups excluding carboxylic acids is 1. The van der Waals surface area contributed by atoms with E-state index >= 15 is 0 Å². The standard InChI is InChI=1S/C15H17N3O2S/c1-8-12(15(16-2)21-18-8)14(20)17-13-10-6-4-3-5-9(10)7-11(13)19/h3-6,11,13,16,19H,7H2,1-2H3,(H,17,20)/t11-,13+/m1/s1. The van der Waals surface area contributed by atoms with E-state index in [4.69, 9.17) is 0 Å². The fourth-order valence-corrected chi connectivity index (χ4v) is 3.51. The van der Waals surface area contributed by atoms with Crippen LogP contribution in [0.2, 0.25) is 0 Å². The third-order valence-electron chi connectivity index (χ3n) is 3.81. The Kier molecular flexibility index (Phi) is 3.65. The highest BCUT2D eigenvalue weighted by Crippen LogP contribution is 2.32. The second kappa shape index (κ2) is 5.46. The van der Waals surface area contributed by atoms with Gasteiger partial charge in [0.05, 0.1) is 23.4 Å². The number of nitrogens with one attached hydrogen (secondary N) is 2. The Hall–Kier alpha value is -1.92. The summed E-state index contributed by atoms with van der Waals surface area (Å²) >= 11 is 1.26. The minimum atomic E-state index is -0.587. The third kappa shape index (κ3) is 2.41. The van der Waals surface area contributed by atoms with Crippen molar-refractivity contribution < 1.29 is 9.90 Å². The molecule has 21 heavy (non-hydrogen) atoms. The molecule has 1 aliphatic rings. The monoisotopic (exact) mass is 303 g/mol. The van der Waals surface area contributed by atoms with Gasteiger partial charge in [-0.3, -0.25) is 4.79 Å². The van der Waals surface area contributed by atoms with E-state index in [-0.39, 0.29) is 11.9 Å². The largest absolute Gasteiger partial charge is 0.390 e. The molecule has 5 nitrogen and oxygen atoms in total. The molecule has 0 radical (unpaired) electrons. The van der Waals surface area contributed by atoms with Crippen molar-refractivity contribution in [2.45, 2.75) is 25.5 Å². The van der Waals surface area contributed by atoms with Gasteiger partial charge in [-0.1, -0.05) is 24.3 Å². The molecule has 6 heteroatoms. The molecule has 0 fully saturated rings. The Morgan fingerprint density at radius 2 is 2.19 bits per heavy atom. The lowest BCUT2D eigenvalue weighted by atomic mass is 10.1. The quantitative estimate of drug-likeness (QED) is 0.809. The summed E-state index contributed by atoms with van der Waals surface area (Å²) in [6, 6.07) is 7.45. The number of aryl methyl sites for hydroxylation is 1. The molecule has 3 rings (SSSR count). The number of nitrogens with zero attached hydrogens (tertiary/aromatic N) is 1. The maximum absolute atomic E-state index is 12.5. The Balaban J connectivity index is 1.87. The van der Waals surface area contributed by atoms with Crippen LogP contribution in [0.4, 0.5) is 5.00 Å². The molecule has 2 aromatic rings. The molecular weight excluding hydrogens is 286 g/mol. The molecule has 110 valence electrons. The second-order valence-corrected chi connectivity index (χ2v) is 5.92. The van der Waals surface area contributed by atoms with Crippen LogP contribution in [0.5, 0.6) is 0 Å². The summed E-state index contributed by atoms with van der Waals surface area (Å²) in [5.41, 5.74) is 3.33. The maximum Gasteiger partial charge on any atom is 0.256 e. The third-order valence-corrected chi connectivity index (χ3v) is 4.76. The van der Waals surface area contributed by atoms with Gasteiger partial charge in [0.2, 0.25) is 0 Å². The van der Waals surface area contributed by atoms with Gasteiger partial charge < -0.3 is 15.7 Å². The van der Waals surface area contributed by atoms with Crippen LogP contribution in [0.3, 0.4) is 0 Å². The molecule has 0 aliphatic heterocycles. The summed E-state index contributed by atoms with van der Waals surface area (Å²) in [5, 5.41) is 16.9. The molecule has 0 bridgehead atoms. The molecule has 0 unspecified atom stereocenters. The Bertz CT molecular complexity index is 683. The van der Waals surface area contributed by atoms with Gasteiger partial charge in [-0.25, -0.2) is 0 Å². The summed E-state index contributed by atoms with van der Waals surface area (Å²) < 4.78 is 4.20. The molecule has 1 amide bonds. The number of hydrogen-bond donors (Lipinski definition) is 3. The van der Waals surface area contributed by atoms with Crippen molar-refractivity contribution >= 4 is 22.4 Å². The fourth-order valence-electron chi connectivity index (χ4n) is 2.77. The fraction of sp³-hybridized carbons (Fsp3) is 0.333. The van der Waals surface area contributed by atoms with Crippen molar-refractivity contribution in [2.75, 3.05) is 12.4 Å². The predicted molar refractivity (Wildman–Crippen MR) is 82.8 cm³/mol. The lowest BCUT2D eigenvalue weighted by molar-refractivity contribution is 0.0858. The molecule has 3 N–H and O–H groups in total. The summed E-state index contributed by atoms with van der Waals surface area (Å²) in [4.78, 5) is 12.5. The van der Waals surface area contributed by atoms with Gasteiger partial charge in [0.1, 0.15) is 5.00 Å². The van der Waals surface area contributed by atoms with E-state index in [2.05, 4.69) is 15.0 Å². The van der Waals surface area contributed by atoms with E-state index in [1.54, 1.807) is 7.05 Å². The van der Waals surface area contributed by atoms with Crippen LogP contribution in [-0.2, 0) is 6.42 Å². The maximum atomic E-state index is 12.5. The van der Waals surface area contributed by atoms with Crippen LogP contribution >= 0.6 is 11.5 Å². The molecule has 0 saturated heterocycles. The first-order valence-electron chi connectivity index (χ1n) is 6.82. The predicted octanol–water partition coefficient (Wildman–Crippen LogP) is 1.88. The zero-order valence-corrected chi connectivity index (χ0v) is 12.7. The first-order chi connectivity index (χ1) is 10.1. The Morgan fingerprint density at radius 1 is 1.43 bits per heavy atom. The number of rotatable bonds is 3. The van der Waals surface area contributed by atoms with E-state index in [1.807, 2.05) is 31.2 Å². The van der Waals surface area contributed by atoms with E-state index in [0.717, 1.165) is 16.1 Å². The minimum Gasteiger partial charge on any atom is -0.390 e. The molecule has 2 atom stereocenters. The van der Waals surface area contributed by atoms with Gasteiger partial charge in [0.15, 0.2) is 0 Å². The molecular formula is C15H17N3O2S. The highest BCUT2D eigenvalue weighted by atomic mass is 32.1. The van der Waals surface area contributed by atoms with Crippen LogP contribution in [0.25, 0.3) is 0 Å². The molecule has 0 saturated carbocycles. The number of aliphatic hydroxyl groups excluding tert-OH is 1. The summed E-state index contributed by atoms with van der Waals surface area (Å²) in [5.74, 6) is -0.202. The van der Waals surface area contributed by atoms with E-state index in [9.17, 15) is 9.90 Å². The van der Waals surface area contributed by atoms with E-state index in [0.29, 0.717) is 17.7 Å². The van der Waals surface area contributed by atoms with Crippen LogP contribution in [0.1, 0.15) is 33.2 Å². The topological polar surface area (TPSA) is 74.2 Å². The average Bonchev–Trinajstić information content (AvgIpc) is 3.00. The number of aliphatic hydroxyl groups is 1. The number of benzene rings is 1. The molecule has 1 aromatic carbocycles. The number of aromatic nitrogens is 1. The van der Waals surface area contributed by atoms with Crippen molar-refractivity contribution in [3.8, 4) is 0 Å². The van der Waals surface area contributed by atoms with Crippen LogP contribution in [0, 0.1) is 6.92 Å². The van der Waals surface area contributed by atoms with Gasteiger partial charge in [0.25, 0.3) is 5.91 Å². The molecule has 0 spiro atoms. The first kappa shape index (κ1) is 14.0. The van der Waals surface area contributed by atoms with Crippen molar-refractivity contribution in [1.82, 2.24) is 9.69 Å². The zero-order valence-electron chi connectivity index (χ0n) is 11.9. The minimum absolute atomic E-state index is 0.202. The van der Waals surface area contributed by atoms with Gasteiger partial charge in [0, 0.05) is 13.5 Å². The molecule has 1 aliphatic carbocycles. The van der Waals surface area contributed by atoms with Crippen molar-refractivity contribution in [3.05, 3.63) is 46.6 Å². The highest BCUT2D eigenvalue weighted by Gasteiger charge is 2.33. The second-order valence-electron chi connectivity index (χ2n) is 5.14. The van der Waals surface area contributed by atoms with Gasteiger partial charge in [-0.05, 0) is 29.6 Å². The first-order valence-corrected chi connectivity index (χ1v) is 7.60. The van der Waals surface area contributed by atoms with Gasteiger partial charge in [-0.2, -0.15) is 4.37 Å². The summed E-state index contributed by atoms with van der Waals surface area (Å²) in [7, 11) is 1.77. The smallest absolute Gasteiger partial charge is 0.256 e. The van der Waals surface area contributed by atoms with Gasteiger partial charge >= 0.3 is 0 Å². The van der Waals surface area contributed by atoms with E-state index in [1.165, 1.54) is 11.5 Å². The molecule has 1 heterocycles. The number of fused-ring (bicyclic) bond motifs is 1. The lowest BCUT2D eigenvalue weighted by Gasteiger charge is -2.18. The normalized spacial score (nSPS) is 20.1. The van der Waals surface area contributed by atoms with Crippen molar-refractivity contribution in [1.29, 1.82) is 0 Å². The summed E-state index contributed by atoms with van der Waals surface area (Å²) in [6.07, 6.45) is -0.0165. The number of hydrogen-bond acceptors (Lipinski definition) is 5. The number of carbonyl (C=O) groups is 1. The van der Waals surface area contributed by atoms with Crippen molar-refractivity contribution in [3.63, 3.8) is 0 Å². The SMILES string of the molecule is CNc1snc(C)c1C(=O)N[C@H]1c2ccccc2C[C@H]1O. The van der Waals surface area contributed by atoms with Crippen LogP contribution < -0.4 is 10.6 Å². The highest BCUT2D eigenvalue weighted by molar-refractivity contribution is 7.10. The van der Waals surface area contributed by atoms with Crippen LogP contribution in [-0.4, -0.2) is 28.5 Å². The lowest BCUT2D eigenvalue weighted by Crippen LogP contribution is -2.34. The number of amides is 1. The Labute approximate surface area is 127 Å². The van der Waals surface area contributed by atoms with Crippen molar-refractivity contribution in [2.24, 2.45) is 0 Å². The average molecular weight is 303 g/mol. The molecule has 1 aromatic heterocycles. The van der Waals surface area contributed by atoms with E-state index < -0.39 is 6.10 Å².